The second-order valence-electron chi connectivity index (χ2n) is 3.78. The topological polar surface area (TPSA) is 63.3 Å². The average Bonchev–Trinajstić information content (AvgIpc) is 2.20. The fourth-order valence-electron chi connectivity index (χ4n) is 1.02. The summed E-state index contributed by atoms with van der Waals surface area (Å²) < 4.78 is 1.03. The van der Waals surface area contributed by atoms with Crippen molar-refractivity contribution in [1.29, 1.82) is 0 Å². The lowest BCUT2D eigenvalue weighted by atomic mass is 10.0. The van der Waals surface area contributed by atoms with E-state index in [2.05, 4.69) is 15.9 Å². The minimum Gasteiger partial charge on any atom is -0.480 e. The number of carbonyl (C=O) groups is 1. The van der Waals surface area contributed by atoms with Gasteiger partial charge in [-0.05, 0) is 37.6 Å². The van der Waals surface area contributed by atoms with E-state index in [1.165, 1.54) is 6.92 Å². The zero-order valence-electron chi connectivity index (χ0n) is 8.94. The quantitative estimate of drug-likeness (QED) is 0.821. The van der Waals surface area contributed by atoms with Gasteiger partial charge in [0.25, 0.3) is 0 Å². The number of aliphatic carboxylic acids is 1. The molecule has 1 aromatic carbocycles. The predicted octanol–water partition coefficient (Wildman–Crippen LogP) is 2.73. The largest absolute Gasteiger partial charge is 0.480 e. The molecule has 5 heteroatoms. The van der Waals surface area contributed by atoms with E-state index in [9.17, 15) is 4.79 Å². The van der Waals surface area contributed by atoms with Gasteiger partial charge in [-0.2, -0.15) is 0 Å². The lowest BCUT2D eigenvalue weighted by Gasteiger charge is -2.18. The predicted molar refractivity (Wildman–Crippen MR) is 69.7 cm³/mol. The third-order valence-electron chi connectivity index (χ3n) is 2.19. The Morgan fingerprint density at radius 3 is 2.56 bits per heavy atom. The molecule has 0 saturated heterocycles. The van der Waals surface area contributed by atoms with Crippen LogP contribution < -0.4 is 5.73 Å². The highest BCUT2D eigenvalue weighted by Crippen LogP contribution is 2.23. The highest BCUT2D eigenvalue weighted by atomic mass is 79.9. The number of nitrogens with two attached hydrogens (primary N) is 1. The first-order valence-electron chi connectivity index (χ1n) is 4.82. The van der Waals surface area contributed by atoms with Gasteiger partial charge in [0.15, 0.2) is 0 Å². The molecule has 0 amide bonds. The summed E-state index contributed by atoms with van der Waals surface area (Å²) in [5.74, 6) is -0.259. The van der Waals surface area contributed by atoms with Crippen LogP contribution >= 0.6 is 27.7 Å². The van der Waals surface area contributed by atoms with Crippen LogP contribution in [0.5, 0.6) is 0 Å². The van der Waals surface area contributed by atoms with Crippen molar-refractivity contribution >= 4 is 33.7 Å². The van der Waals surface area contributed by atoms with Gasteiger partial charge in [0.2, 0.25) is 0 Å². The molecular formula is C11H14BrNO2S. The molecule has 0 spiro atoms. The monoisotopic (exact) mass is 303 g/mol. The molecule has 0 aromatic heterocycles. The molecule has 0 aliphatic carbocycles. The SMILES string of the molecule is CC(N)(CCSc1ccc(Br)cc1)C(=O)O. The molecule has 0 fully saturated rings. The fourth-order valence-corrected chi connectivity index (χ4v) is 2.37. The third-order valence-corrected chi connectivity index (χ3v) is 3.73. The standard InChI is InChI=1S/C11H14BrNO2S/c1-11(13,10(14)15)6-7-16-9-4-2-8(12)3-5-9/h2-5H,6-7,13H2,1H3,(H,14,15). The minimum atomic E-state index is -1.14. The number of carboxylic acids is 1. The first kappa shape index (κ1) is 13.5. The summed E-state index contributed by atoms with van der Waals surface area (Å²) in [4.78, 5) is 11.9. The Hall–Kier alpha value is -0.520. The number of rotatable bonds is 5. The zero-order valence-corrected chi connectivity index (χ0v) is 11.3. The van der Waals surface area contributed by atoms with E-state index < -0.39 is 11.5 Å². The Kier molecular flexibility index (Phi) is 4.83. The fraction of sp³-hybridized carbons (Fsp3) is 0.364. The number of thioether (sulfide) groups is 1. The van der Waals surface area contributed by atoms with Crippen molar-refractivity contribution in [2.24, 2.45) is 5.73 Å². The van der Waals surface area contributed by atoms with Gasteiger partial charge in [0.05, 0.1) is 0 Å². The molecule has 16 heavy (non-hydrogen) atoms. The number of benzene rings is 1. The molecule has 0 saturated carbocycles. The third kappa shape index (κ3) is 4.15. The van der Waals surface area contributed by atoms with Crippen molar-refractivity contribution < 1.29 is 9.90 Å². The van der Waals surface area contributed by atoms with Crippen LogP contribution in [0.15, 0.2) is 33.6 Å². The molecule has 3 nitrogen and oxygen atoms in total. The highest BCUT2D eigenvalue weighted by molar-refractivity contribution is 9.10. The van der Waals surface area contributed by atoms with Gasteiger partial charge in [0, 0.05) is 15.1 Å². The summed E-state index contributed by atoms with van der Waals surface area (Å²) in [6.45, 7) is 1.54. The molecule has 1 atom stereocenters. The molecule has 0 bridgehead atoms. The molecular weight excluding hydrogens is 290 g/mol. The summed E-state index contributed by atoms with van der Waals surface area (Å²) >= 11 is 4.97. The second-order valence-corrected chi connectivity index (χ2v) is 5.86. The van der Waals surface area contributed by atoms with Crippen LogP contribution in [0, 0.1) is 0 Å². The summed E-state index contributed by atoms with van der Waals surface area (Å²) in [7, 11) is 0. The Bertz CT molecular complexity index is 365. The summed E-state index contributed by atoms with van der Waals surface area (Å²) in [6.07, 6.45) is 0.447. The highest BCUT2D eigenvalue weighted by Gasteiger charge is 2.26. The summed E-state index contributed by atoms with van der Waals surface area (Å²) in [5.41, 5.74) is 4.49. The van der Waals surface area contributed by atoms with E-state index in [1.807, 2.05) is 24.3 Å². The second kappa shape index (κ2) is 5.70. The molecule has 0 heterocycles. The van der Waals surface area contributed by atoms with Gasteiger partial charge in [-0.3, -0.25) is 4.79 Å². The van der Waals surface area contributed by atoms with E-state index in [1.54, 1.807) is 11.8 Å². The molecule has 1 unspecified atom stereocenters. The van der Waals surface area contributed by atoms with Crippen molar-refractivity contribution in [3.63, 3.8) is 0 Å². The zero-order chi connectivity index (χ0) is 12.2. The van der Waals surface area contributed by atoms with Gasteiger partial charge in [-0.25, -0.2) is 0 Å². The maximum absolute atomic E-state index is 10.8. The average molecular weight is 304 g/mol. The van der Waals surface area contributed by atoms with Gasteiger partial charge >= 0.3 is 5.97 Å². The Morgan fingerprint density at radius 1 is 1.50 bits per heavy atom. The molecule has 3 N–H and O–H groups in total. The van der Waals surface area contributed by atoms with Crippen LogP contribution in [-0.2, 0) is 4.79 Å². The van der Waals surface area contributed by atoms with Crippen molar-refractivity contribution in [3.8, 4) is 0 Å². The Labute approximate surface area is 108 Å². The molecule has 0 radical (unpaired) electrons. The van der Waals surface area contributed by atoms with Gasteiger partial charge < -0.3 is 10.8 Å². The van der Waals surface area contributed by atoms with Crippen LogP contribution in [-0.4, -0.2) is 22.4 Å². The first-order valence-corrected chi connectivity index (χ1v) is 6.60. The van der Waals surface area contributed by atoms with Crippen LogP contribution in [0.1, 0.15) is 13.3 Å². The maximum atomic E-state index is 10.8. The van der Waals surface area contributed by atoms with Gasteiger partial charge in [-0.1, -0.05) is 15.9 Å². The normalized spacial score (nSPS) is 14.4. The van der Waals surface area contributed by atoms with E-state index in [0.717, 1.165) is 9.37 Å². The van der Waals surface area contributed by atoms with Crippen LogP contribution in [0.25, 0.3) is 0 Å². The van der Waals surface area contributed by atoms with Crippen molar-refractivity contribution in [1.82, 2.24) is 0 Å². The van der Waals surface area contributed by atoms with E-state index in [4.69, 9.17) is 10.8 Å². The lowest BCUT2D eigenvalue weighted by molar-refractivity contribution is -0.142. The summed E-state index contributed by atoms with van der Waals surface area (Å²) in [5, 5.41) is 8.83. The summed E-state index contributed by atoms with van der Waals surface area (Å²) in [6, 6.07) is 7.90. The minimum absolute atomic E-state index is 0.447. The lowest BCUT2D eigenvalue weighted by Crippen LogP contribution is -2.45. The van der Waals surface area contributed by atoms with Crippen molar-refractivity contribution in [2.75, 3.05) is 5.75 Å². The Balaban J connectivity index is 2.41. The molecule has 0 aliphatic heterocycles. The molecule has 0 aliphatic rings. The maximum Gasteiger partial charge on any atom is 0.323 e. The molecule has 88 valence electrons. The van der Waals surface area contributed by atoms with E-state index >= 15 is 0 Å². The number of hydrogen-bond acceptors (Lipinski definition) is 3. The smallest absolute Gasteiger partial charge is 0.323 e. The van der Waals surface area contributed by atoms with E-state index in [0.29, 0.717) is 12.2 Å². The van der Waals surface area contributed by atoms with Crippen molar-refractivity contribution in [2.45, 2.75) is 23.8 Å². The number of halogens is 1. The Morgan fingerprint density at radius 2 is 2.06 bits per heavy atom. The van der Waals surface area contributed by atoms with Crippen LogP contribution in [0.2, 0.25) is 0 Å². The number of carboxylic acid groups (broad SMARTS) is 1. The molecule has 1 rings (SSSR count). The van der Waals surface area contributed by atoms with Crippen LogP contribution in [0.4, 0.5) is 0 Å². The van der Waals surface area contributed by atoms with E-state index in [-0.39, 0.29) is 0 Å². The first-order chi connectivity index (χ1) is 7.42. The number of hydrogen-bond donors (Lipinski definition) is 2. The van der Waals surface area contributed by atoms with Crippen molar-refractivity contribution in [3.05, 3.63) is 28.7 Å². The van der Waals surface area contributed by atoms with Gasteiger partial charge in [0.1, 0.15) is 5.54 Å². The van der Waals surface area contributed by atoms with Gasteiger partial charge in [-0.15, -0.1) is 11.8 Å². The molecule has 1 aromatic rings. The van der Waals surface area contributed by atoms with Crippen LogP contribution in [0.3, 0.4) is 0 Å².